The van der Waals surface area contributed by atoms with Gasteiger partial charge in [-0.05, 0) is 56.6 Å². The molecule has 0 spiro atoms. The number of aryl methyl sites for hydroxylation is 1. The van der Waals surface area contributed by atoms with Gasteiger partial charge in [0.15, 0.2) is 0 Å². The fourth-order valence-corrected chi connectivity index (χ4v) is 4.26. The lowest BCUT2D eigenvalue weighted by atomic mass is 10.1. The molecule has 19 heavy (non-hydrogen) atoms. The molecular weight excluding hydrogens is 328 g/mol. The molecule has 1 aliphatic heterocycles. The van der Waals surface area contributed by atoms with E-state index in [0.29, 0.717) is 23.9 Å². The molecule has 4 nitrogen and oxygen atoms in total. The van der Waals surface area contributed by atoms with Crippen molar-refractivity contribution >= 4 is 26.0 Å². The number of sulfonamides is 1. The minimum absolute atomic E-state index is 0.387. The molecule has 0 aliphatic carbocycles. The summed E-state index contributed by atoms with van der Waals surface area (Å²) in [5.41, 5.74) is 0.937. The van der Waals surface area contributed by atoms with Gasteiger partial charge in [-0.15, -0.1) is 0 Å². The molecule has 1 aromatic rings. The van der Waals surface area contributed by atoms with E-state index in [4.69, 9.17) is 0 Å². The molecular formula is C13H19BrN2O2S. The minimum atomic E-state index is -3.34. The SMILES string of the molecule is CNC[C@@H]1CCN(S(=O)(=O)c2ccc(Br)c(C)c2)C1. The summed E-state index contributed by atoms with van der Waals surface area (Å²) in [6.07, 6.45) is 0.926. The number of hydrogen-bond donors (Lipinski definition) is 1. The Morgan fingerprint density at radius 2 is 2.21 bits per heavy atom. The molecule has 1 heterocycles. The maximum absolute atomic E-state index is 12.5. The monoisotopic (exact) mass is 346 g/mol. The highest BCUT2D eigenvalue weighted by Gasteiger charge is 2.32. The Morgan fingerprint density at radius 1 is 1.47 bits per heavy atom. The smallest absolute Gasteiger partial charge is 0.243 e. The van der Waals surface area contributed by atoms with Gasteiger partial charge in [0, 0.05) is 17.6 Å². The molecule has 1 N–H and O–H groups in total. The molecule has 0 aromatic heterocycles. The summed E-state index contributed by atoms with van der Waals surface area (Å²) >= 11 is 3.39. The van der Waals surface area contributed by atoms with E-state index in [1.165, 1.54) is 0 Å². The van der Waals surface area contributed by atoms with Gasteiger partial charge in [0.05, 0.1) is 4.90 Å². The maximum atomic E-state index is 12.5. The average Bonchev–Trinajstić information content (AvgIpc) is 2.82. The summed E-state index contributed by atoms with van der Waals surface area (Å²) < 4.78 is 27.6. The van der Waals surface area contributed by atoms with E-state index in [1.54, 1.807) is 22.5 Å². The molecule has 0 amide bonds. The third-order valence-electron chi connectivity index (χ3n) is 3.51. The maximum Gasteiger partial charge on any atom is 0.243 e. The average molecular weight is 347 g/mol. The number of nitrogens with one attached hydrogen (secondary N) is 1. The van der Waals surface area contributed by atoms with Crippen LogP contribution in [0.3, 0.4) is 0 Å². The van der Waals surface area contributed by atoms with E-state index < -0.39 is 10.0 Å². The van der Waals surface area contributed by atoms with Crippen LogP contribution in [-0.2, 0) is 10.0 Å². The lowest BCUT2D eigenvalue weighted by Crippen LogP contribution is -2.30. The van der Waals surface area contributed by atoms with Gasteiger partial charge in [-0.1, -0.05) is 15.9 Å². The molecule has 0 saturated carbocycles. The highest BCUT2D eigenvalue weighted by Crippen LogP contribution is 2.26. The van der Waals surface area contributed by atoms with Crippen molar-refractivity contribution in [2.45, 2.75) is 18.2 Å². The van der Waals surface area contributed by atoms with Crippen LogP contribution in [0, 0.1) is 12.8 Å². The largest absolute Gasteiger partial charge is 0.319 e. The molecule has 1 fully saturated rings. The normalized spacial score (nSPS) is 20.9. The molecule has 106 valence electrons. The van der Waals surface area contributed by atoms with Gasteiger partial charge in [-0.3, -0.25) is 0 Å². The third kappa shape index (κ3) is 3.18. The van der Waals surface area contributed by atoms with Gasteiger partial charge in [0.1, 0.15) is 0 Å². The van der Waals surface area contributed by atoms with Crippen LogP contribution in [0.2, 0.25) is 0 Å². The van der Waals surface area contributed by atoms with E-state index in [1.807, 2.05) is 14.0 Å². The van der Waals surface area contributed by atoms with E-state index in [9.17, 15) is 8.42 Å². The van der Waals surface area contributed by atoms with Crippen LogP contribution in [0.4, 0.5) is 0 Å². The Bertz CT molecular complexity index is 560. The zero-order valence-electron chi connectivity index (χ0n) is 11.2. The Kier molecular flexibility index (Phi) is 4.66. The van der Waals surface area contributed by atoms with Crippen molar-refractivity contribution in [3.8, 4) is 0 Å². The predicted molar refractivity (Wildman–Crippen MR) is 79.7 cm³/mol. The summed E-state index contributed by atoms with van der Waals surface area (Å²) in [5.74, 6) is 0.413. The van der Waals surface area contributed by atoms with Crippen molar-refractivity contribution in [3.05, 3.63) is 28.2 Å². The molecule has 1 atom stereocenters. The van der Waals surface area contributed by atoms with Crippen molar-refractivity contribution in [1.29, 1.82) is 0 Å². The second kappa shape index (κ2) is 5.91. The van der Waals surface area contributed by atoms with Crippen LogP contribution >= 0.6 is 15.9 Å². The van der Waals surface area contributed by atoms with Crippen LogP contribution < -0.4 is 5.32 Å². The Balaban J connectivity index is 2.21. The first kappa shape index (κ1) is 15.0. The summed E-state index contributed by atoms with van der Waals surface area (Å²) in [6.45, 7) is 3.99. The standard InChI is InChI=1S/C13H19BrN2O2S/c1-10-7-12(3-4-13(10)14)19(17,18)16-6-5-11(9-16)8-15-2/h3-4,7,11,15H,5-6,8-9H2,1-2H3/t11-/m0/s1. The fourth-order valence-electron chi connectivity index (χ4n) is 2.40. The Labute approximate surface area is 123 Å². The van der Waals surface area contributed by atoms with Crippen LogP contribution in [0.5, 0.6) is 0 Å². The quantitative estimate of drug-likeness (QED) is 0.906. The number of hydrogen-bond acceptors (Lipinski definition) is 3. The first-order chi connectivity index (χ1) is 8.95. The van der Waals surface area contributed by atoms with E-state index in [0.717, 1.165) is 23.0 Å². The van der Waals surface area contributed by atoms with Gasteiger partial charge >= 0.3 is 0 Å². The van der Waals surface area contributed by atoms with Crippen molar-refractivity contribution in [2.24, 2.45) is 5.92 Å². The molecule has 1 saturated heterocycles. The fraction of sp³-hybridized carbons (Fsp3) is 0.538. The zero-order valence-corrected chi connectivity index (χ0v) is 13.6. The first-order valence-electron chi connectivity index (χ1n) is 6.36. The summed E-state index contributed by atoms with van der Waals surface area (Å²) in [5, 5.41) is 3.11. The van der Waals surface area contributed by atoms with E-state index in [2.05, 4.69) is 21.2 Å². The molecule has 0 unspecified atom stereocenters. The Morgan fingerprint density at radius 3 is 2.84 bits per heavy atom. The number of halogens is 1. The van der Waals surface area contributed by atoms with Crippen LogP contribution in [0.15, 0.2) is 27.6 Å². The second-order valence-electron chi connectivity index (χ2n) is 4.99. The van der Waals surface area contributed by atoms with Crippen molar-refractivity contribution in [1.82, 2.24) is 9.62 Å². The summed E-state index contributed by atoms with van der Waals surface area (Å²) in [7, 11) is -1.45. The molecule has 0 radical (unpaired) electrons. The van der Waals surface area contributed by atoms with Crippen LogP contribution in [-0.4, -0.2) is 39.4 Å². The molecule has 2 rings (SSSR count). The van der Waals surface area contributed by atoms with Crippen molar-refractivity contribution < 1.29 is 8.42 Å². The summed E-state index contributed by atoms with van der Waals surface area (Å²) in [4.78, 5) is 0.387. The van der Waals surface area contributed by atoms with Gasteiger partial charge in [0.25, 0.3) is 0 Å². The topological polar surface area (TPSA) is 49.4 Å². The zero-order chi connectivity index (χ0) is 14.0. The third-order valence-corrected chi connectivity index (χ3v) is 6.26. The number of benzene rings is 1. The molecule has 1 aromatic carbocycles. The highest BCUT2D eigenvalue weighted by atomic mass is 79.9. The lowest BCUT2D eigenvalue weighted by molar-refractivity contribution is 0.451. The molecule has 1 aliphatic rings. The van der Waals surface area contributed by atoms with E-state index >= 15 is 0 Å². The van der Waals surface area contributed by atoms with Gasteiger partial charge < -0.3 is 5.32 Å². The molecule has 6 heteroatoms. The second-order valence-corrected chi connectivity index (χ2v) is 7.78. The number of nitrogens with zero attached hydrogens (tertiary/aromatic N) is 1. The predicted octanol–water partition coefficient (Wildman–Crippen LogP) is 1.99. The first-order valence-corrected chi connectivity index (χ1v) is 8.59. The van der Waals surface area contributed by atoms with Gasteiger partial charge in [-0.2, -0.15) is 4.31 Å². The molecule has 0 bridgehead atoms. The lowest BCUT2D eigenvalue weighted by Gasteiger charge is -2.17. The van der Waals surface area contributed by atoms with Crippen LogP contribution in [0.25, 0.3) is 0 Å². The Hall–Kier alpha value is -0.430. The van der Waals surface area contributed by atoms with Gasteiger partial charge in [-0.25, -0.2) is 8.42 Å². The van der Waals surface area contributed by atoms with Crippen molar-refractivity contribution in [2.75, 3.05) is 26.7 Å². The minimum Gasteiger partial charge on any atom is -0.319 e. The van der Waals surface area contributed by atoms with Gasteiger partial charge in [0.2, 0.25) is 10.0 Å². The van der Waals surface area contributed by atoms with Crippen molar-refractivity contribution in [3.63, 3.8) is 0 Å². The summed E-state index contributed by atoms with van der Waals surface area (Å²) in [6, 6.07) is 5.19. The van der Waals surface area contributed by atoms with E-state index in [-0.39, 0.29) is 0 Å². The van der Waals surface area contributed by atoms with Crippen LogP contribution in [0.1, 0.15) is 12.0 Å². The highest BCUT2D eigenvalue weighted by molar-refractivity contribution is 9.10. The number of rotatable bonds is 4.